The van der Waals surface area contributed by atoms with E-state index in [0.717, 1.165) is 18.5 Å². The summed E-state index contributed by atoms with van der Waals surface area (Å²) in [5, 5.41) is 0. The number of nitrogen functional groups attached to an aromatic ring is 1. The molecule has 0 saturated carbocycles. The highest BCUT2D eigenvalue weighted by molar-refractivity contribution is 6.00. The van der Waals surface area contributed by atoms with Crippen LogP contribution in [0, 0.1) is 12.8 Å². The zero-order chi connectivity index (χ0) is 13.3. The summed E-state index contributed by atoms with van der Waals surface area (Å²) < 4.78 is 0. The van der Waals surface area contributed by atoms with Gasteiger partial charge in [-0.15, -0.1) is 0 Å². The lowest BCUT2D eigenvalue weighted by Gasteiger charge is -2.23. The number of hydrogen-bond acceptors (Lipinski definition) is 3. The fourth-order valence-electron chi connectivity index (χ4n) is 2.70. The first-order valence-electron chi connectivity index (χ1n) is 6.41. The van der Waals surface area contributed by atoms with E-state index < -0.39 is 0 Å². The molecule has 4 heteroatoms. The zero-order valence-corrected chi connectivity index (χ0v) is 11.2. The van der Waals surface area contributed by atoms with Crippen LogP contribution >= 0.6 is 0 Å². The summed E-state index contributed by atoms with van der Waals surface area (Å²) in [5.74, 6) is 6.14. The van der Waals surface area contributed by atoms with Crippen molar-refractivity contribution in [2.24, 2.45) is 11.8 Å². The van der Waals surface area contributed by atoms with E-state index in [1.54, 1.807) is 0 Å². The van der Waals surface area contributed by atoms with Crippen LogP contribution in [0.2, 0.25) is 0 Å². The Balaban J connectivity index is 2.29. The van der Waals surface area contributed by atoms with Crippen molar-refractivity contribution >= 4 is 11.6 Å². The second kappa shape index (κ2) is 4.98. The van der Waals surface area contributed by atoms with E-state index in [2.05, 4.69) is 19.3 Å². The zero-order valence-electron chi connectivity index (χ0n) is 11.2. The summed E-state index contributed by atoms with van der Waals surface area (Å²) in [5.41, 5.74) is 5.06. The number of nitrogens with two attached hydrogens (primary N) is 1. The van der Waals surface area contributed by atoms with Gasteiger partial charge >= 0.3 is 0 Å². The maximum Gasteiger partial charge on any atom is 0.256 e. The molecule has 2 atom stereocenters. The predicted octanol–water partition coefficient (Wildman–Crippen LogP) is 2.15. The Hall–Kier alpha value is -1.55. The van der Waals surface area contributed by atoms with Gasteiger partial charge in [-0.25, -0.2) is 0 Å². The highest BCUT2D eigenvalue weighted by Gasteiger charge is 2.31. The molecule has 1 heterocycles. The van der Waals surface area contributed by atoms with Crippen molar-refractivity contribution in [3.63, 3.8) is 0 Å². The molecule has 98 valence electrons. The number of nitrogens with one attached hydrogen (secondary N) is 1. The van der Waals surface area contributed by atoms with Gasteiger partial charge in [0, 0.05) is 12.6 Å². The van der Waals surface area contributed by atoms with Crippen LogP contribution in [0.25, 0.3) is 0 Å². The average Bonchev–Trinajstić information content (AvgIpc) is 2.67. The van der Waals surface area contributed by atoms with Crippen LogP contribution in [0.4, 0.5) is 5.69 Å². The first kappa shape index (κ1) is 12.9. The van der Waals surface area contributed by atoms with Crippen LogP contribution in [0.3, 0.4) is 0 Å². The van der Waals surface area contributed by atoms with E-state index in [4.69, 9.17) is 5.84 Å². The molecule has 1 aromatic carbocycles. The number of hydrazine groups is 1. The Kier molecular flexibility index (Phi) is 3.57. The van der Waals surface area contributed by atoms with E-state index in [0.29, 0.717) is 23.2 Å². The summed E-state index contributed by atoms with van der Waals surface area (Å²) in [7, 11) is 0. The minimum Gasteiger partial charge on any atom is -0.336 e. The molecular formula is C14H21N3O. The third-order valence-electron chi connectivity index (χ3n) is 3.61. The average molecular weight is 247 g/mol. The number of hydrogen-bond donors (Lipinski definition) is 2. The Morgan fingerprint density at radius 3 is 2.72 bits per heavy atom. The van der Waals surface area contributed by atoms with E-state index >= 15 is 0 Å². The van der Waals surface area contributed by atoms with Crippen LogP contribution in [0.1, 0.15) is 36.2 Å². The van der Waals surface area contributed by atoms with Crippen molar-refractivity contribution in [1.82, 2.24) is 4.90 Å². The molecule has 2 unspecified atom stereocenters. The Morgan fingerprint density at radius 2 is 2.17 bits per heavy atom. The number of carbonyl (C=O) groups excluding carboxylic acids is 1. The Labute approximate surface area is 108 Å². The van der Waals surface area contributed by atoms with Crippen LogP contribution in [0.15, 0.2) is 18.2 Å². The van der Waals surface area contributed by atoms with Crippen LogP contribution in [0.5, 0.6) is 0 Å². The predicted molar refractivity (Wildman–Crippen MR) is 73.3 cm³/mol. The third-order valence-corrected chi connectivity index (χ3v) is 3.61. The van der Waals surface area contributed by atoms with Gasteiger partial charge in [-0.3, -0.25) is 10.6 Å². The summed E-state index contributed by atoms with van der Waals surface area (Å²) in [6, 6.07) is 6.00. The van der Waals surface area contributed by atoms with E-state index in [-0.39, 0.29) is 5.91 Å². The largest absolute Gasteiger partial charge is 0.336 e. The monoisotopic (exact) mass is 247 g/mol. The topological polar surface area (TPSA) is 58.4 Å². The molecule has 3 N–H and O–H groups in total. The van der Waals surface area contributed by atoms with E-state index in [9.17, 15) is 4.79 Å². The van der Waals surface area contributed by atoms with Gasteiger partial charge < -0.3 is 10.3 Å². The molecule has 1 aromatic rings. The van der Waals surface area contributed by atoms with Crippen LogP contribution < -0.4 is 11.3 Å². The molecule has 4 nitrogen and oxygen atoms in total. The van der Waals surface area contributed by atoms with Gasteiger partial charge in [0.1, 0.15) is 0 Å². The molecule has 1 aliphatic rings. The van der Waals surface area contributed by atoms with Gasteiger partial charge in [-0.1, -0.05) is 13.0 Å². The molecule has 1 saturated heterocycles. The highest BCUT2D eigenvalue weighted by atomic mass is 16.2. The second-order valence-corrected chi connectivity index (χ2v) is 5.34. The van der Waals surface area contributed by atoms with Gasteiger partial charge in [-0.05, 0) is 43.9 Å². The lowest BCUT2D eigenvalue weighted by Crippen LogP contribution is -2.34. The number of rotatable bonds is 2. The summed E-state index contributed by atoms with van der Waals surface area (Å²) >= 11 is 0. The van der Waals surface area contributed by atoms with Crippen molar-refractivity contribution in [2.75, 3.05) is 12.0 Å². The maximum absolute atomic E-state index is 12.5. The fraction of sp³-hybridized carbons (Fsp3) is 0.500. The molecule has 1 fully saturated rings. The smallest absolute Gasteiger partial charge is 0.256 e. The maximum atomic E-state index is 12.5. The minimum atomic E-state index is 0.0693. The Morgan fingerprint density at radius 1 is 1.44 bits per heavy atom. The van der Waals surface area contributed by atoms with E-state index in [1.807, 2.05) is 30.0 Å². The lowest BCUT2D eigenvalue weighted by atomic mass is 10.1. The molecule has 2 rings (SSSR count). The van der Waals surface area contributed by atoms with Gasteiger partial charge in [0.15, 0.2) is 0 Å². The number of carbonyl (C=O) groups is 1. The summed E-state index contributed by atoms with van der Waals surface area (Å²) in [4.78, 5) is 14.5. The molecular weight excluding hydrogens is 226 g/mol. The third kappa shape index (κ3) is 2.34. The lowest BCUT2D eigenvalue weighted by molar-refractivity contribution is 0.0744. The van der Waals surface area contributed by atoms with Gasteiger partial charge in [0.2, 0.25) is 0 Å². The van der Waals surface area contributed by atoms with Crippen molar-refractivity contribution < 1.29 is 4.79 Å². The quantitative estimate of drug-likeness (QED) is 0.622. The molecule has 1 aliphatic heterocycles. The number of likely N-dealkylation sites (tertiary alicyclic amines) is 1. The molecule has 0 radical (unpaired) electrons. The van der Waals surface area contributed by atoms with Gasteiger partial charge in [0.25, 0.3) is 5.91 Å². The van der Waals surface area contributed by atoms with E-state index in [1.165, 1.54) is 0 Å². The standard InChI is InChI=1S/C14H21N3O/c1-9-4-5-12(13(7-9)16-15)14(18)17-8-10(2)6-11(17)3/h4-5,7,10-11,16H,6,8,15H2,1-3H3. The summed E-state index contributed by atoms with van der Waals surface area (Å²) in [6.07, 6.45) is 1.07. The minimum absolute atomic E-state index is 0.0693. The SMILES string of the molecule is Cc1ccc(C(=O)N2CC(C)CC2C)c(NN)c1. The molecule has 0 aromatic heterocycles. The highest BCUT2D eigenvalue weighted by Crippen LogP contribution is 2.26. The molecule has 0 spiro atoms. The first-order valence-corrected chi connectivity index (χ1v) is 6.41. The van der Waals surface area contributed by atoms with Crippen molar-refractivity contribution in [3.8, 4) is 0 Å². The molecule has 1 amide bonds. The number of benzene rings is 1. The van der Waals surface area contributed by atoms with Crippen molar-refractivity contribution in [3.05, 3.63) is 29.3 Å². The normalized spacial score (nSPS) is 23.2. The van der Waals surface area contributed by atoms with Crippen molar-refractivity contribution in [2.45, 2.75) is 33.2 Å². The summed E-state index contributed by atoms with van der Waals surface area (Å²) in [6.45, 7) is 7.10. The first-order chi connectivity index (χ1) is 8.52. The fourth-order valence-corrected chi connectivity index (χ4v) is 2.70. The number of anilines is 1. The number of aryl methyl sites for hydroxylation is 1. The van der Waals surface area contributed by atoms with Crippen LogP contribution in [-0.2, 0) is 0 Å². The van der Waals surface area contributed by atoms with Gasteiger partial charge in [-0.2, -0.15) is 0 Å². The molecule has 0 aliphatic carbocycles. The Bertz CT molecular complexity index is 458. The van der Waals surface area contributed by atoms with Gasteiger partial charge in [0.05, 0.1) is 11.3 Å². The van der Waals surface area contributed by atoms with Crippen LogP contribution in [-0.4, -0.2) is 23.4 Å². The number of nitrogens with zero attached hydrogens (tertiary/aromatic N) is 1. The number of amides is 1. The van der Waals surface area contributed by atoms with Crippen molar-refractivity contribution in [1.29, 1.82) is 0 Å². The molecule has 18 heavy (non-hydrogen) atoms. The molecule has 0 bridgehead atoms. The second-order valence-electron chi connectivity index (χ2n) is 5.34.